The summed E-state index contributed by atoms with van der Waals surface area (Å²) >= 11 is 0. The summed E-state index contributed by atoms with van der Waals surface area (Å²) in [6, 6.07) is 62.1. The van der Waals surface area contributed by atoms with E-state index in [0.717, 1.165) is 52.3 Å². The monoisotopic (exact) mass is 1550 g/mol. The van der Waals surface area contributed by atoms with E-state index in [1.54, 1.807) is 72.8 Å². The number of fused-ring (bicyclic) bond motifs is 1. The van der Waals surface area contributed by atoms with E-state index < -0.39 is 41.6 Å². The molecule has 12 N–H and O–H groups in total. The first-order chi connectivity index (χ1) is 51.5. The number of hydrogen-bond acceptors (Lipinski definition) is 12. The van der Waals surface area contributed by atoms with E-state index in [0.29, 0.717) is 51.1 Å². The lowest BCUT2D eigenvalue weighted by Crippen LogP contribution is -2.50. The summed E-state index contributed by atoms with van der Waals surface area (Å²) in [6.45, 7) is 18.2. The van der Waals surface area contributed by atoms with Crippen LogP contribution in [0.4, 0.5) is 0 Å². The molecule has 0 radical (unpaired) electrons. The largest absolute Gasteiger partial charge is 0.524 e. The second-order valence-electron chi connectivity index (χ2n) is 27.9. The average molecular weight is 1550 g/mol. The zero-order valence-electron chi connectivity index (χ0n) is 62.2. The molecule has 24 nitrogen and oxygen atoms in total. The molecule has 0 saturated carbocycles. The van der Waals surface area contributed by atoms with Crippen molar-refractivity contribution in [3.63, 3.8) is 0 Å². The lowest BCUT2D eigenvalue weighted by molar-refractivity contribution is -0.124. The van der Waals surface area contributed by atoms with Gasteiger partial charge in [0.25, 0.3) is 17.7 Å². The van der Waals surface area contributed by atoms with E-state index in [9.17, 15) is 42.5 Å². The summed E-state index contributed by atoms with van der Waals surface area (Å²) in [5.41, 5.74) is 7.06. The smallest absolute Gasteiger partial charge is 0.404 e. The van der Waals surface area contributed by atoms with Crippen molar-refractivity contribution in [1.82, 2.24) is 31.9 Å². The van der Waals surface area contributed by atoms with E-state index in [-0.39, 0.29) is 90.1 Å². The number of hydrogen-bond donors (Lipinski definition) is 12. The lowest BCUT2D eigenvalue weighted by Gasteiger charge is -2.23. The van der Waals surface area contributed by atoms with Gasteiger partial charge in [-0.05, 0) is 174 Å². The highest BCUT2D eigenvalue weighted by atomic mass is 31.2. The minimum absolute atomic E-state index is 0.00413. The van der Waals surface area contributed by atoms with Gasteiger partial charge in [-0.2, -0.15) is 0 Å². The Hall–Kier alpha value is -10.1. The topological polar surface area (TPSA) is 375 Å². The van der Waals surface area contributed by atoms with Crippen LogP contribution in [0.5, 0.6) is 17.2 Å². The van der Waals surface area contributed by atoms with Gasteiger partial charge in [-0.25, -0.2) is 13.7 Å². The van der Waals surface area contributed by atoms with Crippen molar-refractivity contribution < 1.29 is 85.4 Å². The van der Waals surface area contributed by atoms with Crippen LogP contribution in [0, 0.1) is 17.8 Å². The fourth-order valence-corrected chi connectivity index (χ4v) is 13.4. The maximum absolute atomic E-state index is 13.4. The highest BCUT2D eigenvalue weighted by Gasteiger charge is 2.29. The van der Waals surface area contributed by atoms with Crippen molar-refractivity contribution in [3.05, 3.63) is 258 Å². The van der Waals surface area contributed by atoms with E-state index in [2.05, 4.69) is 87.0 Å². The normalized spacial score (nSPS) is 13.1. The molecular weight excluding hydrogens is 1450 g/mol. The van der Waals surface area contributed by atoms with E-state index >= 15 is 0 Å². The zero-order valence-corrected chi connectivity index (χ0v) is 64.9. The van der Waals surface area contributed by atoms with Crippen molar-refractivity contribution in [2.75, 3.05) is 0 Å². The first-order valence-electron chi connectivity index (χ1n) is 35.7. The molecule has 9 aromatic carbocycles. The summed E-state index contributed by atoms with van der Waals surface area (Å²) < 4.78 is 46.9. The highest BCUT2D eigenvalue weighted by Crippen LogP contribution is 2.40. The van der Waals surface area contributed by atoms with Gasteiger partial charge in [0.15, 0.2) is 0 Å². The van der Waals surface area contributed by atoms with E-state index in [1.165, 1.54) is 36.4 Å². The molecule has 6 atom stereocenters. The third-order valence-corrected chi connectivity index (χ3v) is 18.1. The van der Waals surface area contributed by atoms with Gasteiger partial charge < -0.3 is 45.5 Å². The minimum atomic E-state index is -4.68. The van der Waals surface area contributed by atoms with E-state index in [4.69, 9.17) is 29.4 Å². The van der Waals surface area contributed by atoms with Crippen molar-refractivity contribution in [3.8, 4) is 39.5 Å². The van der Waals surface area contributed by atoms with Crippen LogP contribution in [0.15, 0.2) is 224 Å². The predicted molar refractivity (Wildman–Crippen MR) is 421 cm³/mol. The van der Waals surface area contributed by atoms with Crippen molar-refractivity contribution in [2.45, 2.75) is 137 Å². The maximum Gasteiger partial charge on any atom is 0.524 e. The molecule has 0 aliphatic heterocycles. The van der Waals surface area contributed by atoms with Crippen LogP contribution in [-0.4, -0.2) is 101 Å². The van der Waals surface area contributed by atoms with Gasteiger partial charge in [0.05, 0.1) is 0 Å². The van der Waals surface area contributed by atoms with Gasteiger partial charge in [-0.1, -0.05) is 199 Å². The van der Waals surface area contributed by atoms with E-state index in [1.807, 2.05) is 136 Å². The van der Waals surface area contributed by atoms with Crippen LogP contribution in [0.1, 0.15) is 129 Å². The SMILES string of the molecule is CC(C)CC(C)NC(=O)C(Cc1ccc(OP(=O)(O)O)cc1)NC(=O)c1ccc(-c2ccccc2)cc1.CC(C)CC(C)NC(=O)C(Cc1ccc(OP(=O)(O)O)cc1)NC(=O)c1ccc2ccccc2c1.CC(C)CC(C)NC(=O)C(Cc1ccc(OP(=O)(O)O)cc1)NC(=O)c1ccccc1-c1ccccc1. The lowest BCUT2D eigenvalue weighted by atomic mass is 9.98. The molecule has 0 fully saturated rings. The predicted octanol–water partition coefficient (Wildman–Crippen LogP) is 13.6. The Kier molecular flexibility index (Phi) is 32.3. The third-order valence-electron chi connectivity index (χ3n) is 16.8. The highest BCUT2D eigenvalue weighted by molar-refractivity contribution is 7.47. The molecule has 9 aromatic rings. The van der Waals surface area contributed by atoms with Crippen molar-refractivity contribution in [2.24, 2.45) is 17.8 Å². The summed E-state index contributed by atoms with van der Waals surface area (Å²) in [7, 11) is -14.0. The molecule has 0 spiro atoms. The molecule has 0 aromatic heterocycles. The summed E-state index contributed by atoms with van der Waals surface area (Å²) in [5, 5.41) is 19.5. The summed E-state index contributed by atoms with van der Waals surface area (Å²) in [4.78, 5) is 133. The van der Waals surface area contributed by atoms with Crippen LogP contribution in [-0.2, 0) is 47.3 Å². The fourth-order valence-electron chi connectivity index (χ4n) is 12.2. The minimum Gasteiger partial charge on any atom is -0.404 e. The van der Waals surface area contributed by atoms with Crippen LogP contribution in [0.25, 0.3) is 33.0 Å². The number of amides is 6. The second-order valence-corrected chi connectivity index (χ2v) is 31.4. The molecule has 109 heavy (non-hydrogen) atoms. The first-order valence-corrected chi connectivity index (χ1v) is 40.3. The number of carbonyl (C=O) groups excluding carboxylic acids is 6. The summed E-state index contributed by atoms with van der Waals surface area (Å²) in [6.07, 6.45) is 2.93. The molecule has 0 aliphatic rings. The van der Waals surface area contributed by atoms with Crippen molar-refractivity contribution >= 4 is 69.7 Å². The Morgan fingerprint density at radius 1 is 0.321 bits per heavy atom. The van der Waals surface area contributed by atoms with Crippen molar-refractivity contribution in [1.29, 1.82) is 0 Å². The number of carbonyl (C=O) groups is 6. The number of nitrogens with one attached hydrogen (secondary N) is 6. The number of phosphoric ester groups is 3. The molecule has 0 heterocycles. The molecule has 0 bridgehead atoms. The molecule has 0 saturated heterocycles. The first kappa shape index (κ1) is 86.2. The molecule has 6 amide bonds. The maximum atomic E-state index is 13.4. The molecular formula is C82H97N6O18P3. The molecule has 6 unspecified atom stereocenters. The second kappa shape index (κ2) is 40.9. The zero-order chi connectivity index (χ0) is 79.6. The molecule has 9 rings (SSSR count). The average Bonchev–Trinajstić information content (AvgIpc) is 0.824. The van der Waals surface area contributed by atoms with Gasteiger partial charge in [0.2, 0.25) is 17.7 Å². The summed E-state index contributed by atoms with van der Waals surface area (Å²) in [5.74, 6) is -0.836. The van der Waals surface area contributed by atoms with Gasteiger partial charge in [-0.3, -0.25) is 58.1 Å². The molecule has 27 heteroatoms. The van der Waals surface area contributed by atoms with Crippen LogP contribution < -0.4 is 45.5 Å². The van der Waals surface area contributed by atoms with Crippen LogP contribution in [0.3, 0.4) is 0 Å². The van der Waals surface area contributed by atoms with Gasteiger partial charge in [0, 0.05) is 54.1 Å². The Balaban J connectivity index is 0.000000228. The Bertz CT molecular complexity index is 4620. The van der Waals surface area contributed by atoms with Crippen LogP contribution in [0.2, 0.25) is 0 Å². The third kappa shape index (κ3) is 30.5. The number of phosphoric acid groups is 3. The van der Waals surface area contributed by atoms with Crippen LogP contribution >= 0.6 is 23.5 Å². The van der Waals surface area contributed by atoms with Gasteiger partial charge in [-0.15, -0.1) is 0 Å². The fraction of sp³-hybridized carbons (Fsp3) is 0.293. The number of rotatable bonds is 32. The molecule has 0 aliphatic carbocycles. The Morgan fingerprint density at radius 3 is 1.01 bits per heavy atom. The quantitative estimate of drug-likeness (QED) is 0.0174. The molecule has 578 valence electrons. The Morgan fingerprint density at radius 2 is 0.633 bits per heavy atom. The standard InChI is InChI=1S/2C28H33N2O6P.C26H31N2O6P/c1-19(2)17-20(3)29-28(32)26(18-21-13-15-23(16-14-21)36-37(33,34)35)30-27(31)25-12-8-7-11-24(25)22-9-5-4-6-10-22;1-19(2)17-20(3)29-28(32)26(18-21-9-15-25(16-10-21)36-37(33,34)35)30-27(31)24-13-11-23(12-14-24)22-7-5-4-6-8-22;1-17(2)14-18(3)27-26(30)24(15-19-8-12-23(13-9-19)34-35(31,32)33)28-25(29)22-11-10-20-6-4-5-7-21(20)16-22/h2*4-16,19-20,26H,17-18H2,1-3H3,(H,29,32)(H,30,31)(H2,33,34,35);4-13,16-18,24H,14-15H2,1-3H3,(H,27,30)(H,28,29)(H2,31,32,33). The van der Waals surface area contributed by atoms with Gasteiger partial charge >= 0.3 is 23.5 Å². The van der Waals surface area contributed by atoms with Gasteiger partial charge in [0.1, 0.15) is 35.4 Å². The Labute approximate surface area is 635 Å². The number of benzene rings is 9.